The number of nitrogens with zero attached hydrogens (tertiary/aromatic N) is 1. The Bertz CT molecular complexity index is 1460. The van der Waals surface area contributed by atoms with Crippen molar-refractivity contribution in [1.82, 2.24) is 0 Å². The highest BCUT2D eigenvalue weighted by Gasteiger charge is 2.43. The van der Waals surface area contributed by atoms with Gasteiger partial charge in [0.2, 0.25) is 5.91 Å². The molecule has 0 aliphatic carbocycles. The van der Waals surface area contributed by atoms with E-state index < -0.39 is 30.4 Å². The van der Waals surface area contributed by atoms with Crippen LogP contribution in [0.5, 0.6) is 17.2 Å². The number of hydrogen-bond donors (Lipinski definition) is 1. The summed E-state index contributed by atoms with van der Waals surface area (Å²) in [7, 11) is 4.64. The van der Waals surface area contributed by atoms with Crippen LogP contribution in [0.1, 0.15) is 75.1 Å². The van der Waals surface area contributed by atoms with Crippen molar-refractivity contribution in [2.24, 2.45) is 5.92 Å². The summed E-state index contributed by atoms with van der Waals surface area (Å²) in [6.45, 7) is 7.84. The molecule has 0 bridgehead atoms. The Morgan fingerprint density at radius 1 is 0.864 bits per heavy atom. The zero-order valence-electron chi connectivity index (χ0n) is 26.5. The van der Waals surface area contributed by atoms with Gasteiger partial charge in [0.15, 0.2) is 18.1 Å². The summed E-state index contributed by atoms with van der Waals surface area (Å²) in [5, 5.41) is 3.00. The number of amides is 2. The minimum Gasteiger partial charge on any atom is -0.497 e. The van der Waals surface area contributed by atoms with Gasteiger partial charge in [-0.2, -0.15) is 0 Å². The number of ether oxygens (including phenoxy) is 4. The summed E-state index contributed by atoms with van der Waals surface area (Å²) in [5.41, 5.74) is 4.08. The Hall–Kier alpha value is -4.53. The lowest BCUT2D eigenvalue weighted by Crippen LogP contribution is -2.46. The van der Waals surface area contributed by atoms with Gasteiger partial charge < -0.3 is 29.2 Å². The molecule has 3 aromatic carbocycles. The zero-order chi connectivity index (χ0) is 32.0. The molecule has 2 unspecified atom stereocenters. The van der Waals surface area contributed by atoms with Crippen LogP contribution in [0.4, 0.5) is 11.4 Å². The molecule has 1 N–H and O–H groups in total. The molecule has 0 saturated carbocycles. The first-order valence-corrected chi connectivity index (χ1v) is 14.9. The standard InChI is InChI=1S/C35H42N2O7/c1-21(2)26-9-8-10-27(22(3)4)33(26)36-31(38)20-44-35(40)28-16-18-32(39)37(24-12-14-25(41-5)15-13-24)34(28)23-11-17-29(42-6)30(19-23)43-7/h8-15,17,19,21-22,28,34H,16,18,20H2,1-7H3,(H,36,38). The third-order valence-corrected chi connectivity index (χ3v) is 7.98. The van der Waals surface area contributed by atoms with Gasteiger partial charge in [-0.25, -0.2) is 0 Å². The van der Waals surface area contributed by atoms with Crippen LogP contribution in [0.3, 0.4) is 0 Å². The molecular weight excluding hydrogens is 560 g/mol. The highest BCUT2D eigenvalue weighted by Crippen LogP contribution is 2.43. The molecule has 0 spiro atoms. The molecule has 4 rings (SSSR count). The number of nitrogens with one attached hydrogen (secondary N) is 1. The number of carbonyl (C=O) groups excluding carboxylic acids is 3. The maximum atomic E-state index is 13.7. The van der Waals surface area contributed by atoms with Crippen LogP contribution in [0.2, 0.25) is 0 Å². The van der Waals surface area contributed by atoms with Crippen molar-refractivity contribution in [2.45, 2.75) is 58.4 Å². The molecule has 1 aliphatic heterocycles. The van der Waals surface area contributed by atoms with E-state index in [2.05, 4.69) is 33.0 Å². The number of hydrogen-bond acceptors (Lipinski definition) is 7. The predicted molar refractivity (Wildman–Crippen MR) is 170 cm³/mol. The summed E-state index contributed by atoms with van der Waals surface area (Å²) < 4.78 is 21.9. The average Bonchev–Trinajstić information content (AvgIpc) is 3.03. The highest BCUT2D eigenvalue weighted by molar-refractivity contribution is 5.98. The van der Waals surface area contributed by atoms with Gasteiger partial charge in [-0.3, -0.25) is 14.4 Å². The lowest BCUT2D eigenvalue weighted by Gasteiger charge is -2.40. The van der Waals surface area contributed by atoms with Crippen molar-refractivity contribution in [2.75, 3.05) is 38.2 Å². The summed E-state index contributed by atoms with van der Waals surface area (Å²) >= 11 is 0. The van der Waals surface area contributed by atoms with E-state index in [1.807, 2.05) is 24.3 Å². The maximum absolute atomic E-state index is 13.7. The third-order valence-electron chi connectivity index (χ3n) is 7.98. The van der Waals surface area contributed by atoms with Gasteiger partial charge in [0.1, 0.15) is 5.75 Å². The number of para-hydroxylation sites is 1. The monoisotopic (exact) mass is 602 g/mol. The largest absolute Gasteiger partial charge is 0.497 e. The minimum absolute atomic E-state index is 0.136. The topological polar surface area (TPSA) is 103 Å². The van der Waals surface area contributed by atoms with Crippen LogP contribution in [0.15, 0.2) is 60.7 Å². The van der Waals surface area contributed by atoms with Crippen LogP contribution in [-0.2, 0) is 19.1 Å². The van der Waals surface area contributed by atoms with E-state index in [-0.39, 0.29) is 30.6 Å². The molecule has 1 fully saturated rings. The fourth-order valence-corrected chi connectivity index (χ4v) is 5.72. The first-order valence-electron chi connectivity index (χ1n) is 14.9. The van der Waals surface area contributed by atoms with E-state index in [0.717, 1.165) is 16.8 Å². The van der Waals surface area contributed by atoms with Crippen LogP contribution in [0, 0.1) is 5.92 Å². The van der Waals surface area contributed by atoms with E-state index in [9.17, 15) is 14.4 Å². The van der Waals surface area contributed by atoms with Gasteiger partial charge in [-0.1, -0.05) is 52.0 Å². The number of esters is 1. The Morgan fingerprint density at radius 2 is 1.50 bits per heavy atom. The zero-order valence-corrected chi connectivity index (χ0v) is 26.5. The second-order valence-electron chi connectivity index (χ2n) is 11.4. The van der Waals surface area contributed by atoms with Crippen molar-refractivity contribution in [3.05, 3.63) is 77.4 Å². The fourth-order valence-electron chi connectivity index (χ4n) is 5.72. The maximum Gasteiger partial charge on any atom is 0.311 e. The molecule has 1 heterocycles. The van der Waals surface area contributed by atoms with Crippen LogP contribution < -0.4 is 24.4 Å². The summed E-state index contributed by atoms with van der Waals surface area (Å²) in [5.74, 6) is 0.152. The second kappa shape index (κ2) is 14.3. The lowest BCUT2D eigenvalue weighted by atomic mass is 9.83. The van der Waals surface area contributed by atoms with E-state index >= 15 is 0 Å². The molecule has 1 saturated heterocycles. The number of benzene rings is 3. The quantitative estimate of drug-likeness (QED) is 0.246. The molecule has 2 atom stereocenters. The third kappa shape index (κ3) is 6.98. The van der Waals surface area contributed by atoms with E-state index in [0.29, 0.717) is 28.5 Å². The van der Waals surface area contributed by atoms with Gasteiger partial charge in [-0.05, 0) is 71.3 Å². The Labute approximate surface area is 259 Å². The predicted octanol–water partition coefficient (Wildman–Crippen LogP) is 6.63. The van der Waals surface area contributed by atoms with Crippen molar-refractivity contribution >= 4 is 29.2 Å². The molecule has 234 valence electrons. The second-order valence-corrected chi connectivity index (χ2v) is 11.4. The number of piperidine rings is 1. The Kier molecular flexibility index (Phi) is 10.5. The van der Waals surface area contributed by atoms with E-state index in [4.69, 9.17) is 18.9 Å². The van der Waals surface area contributed by atoms with Crippen LogP contribution in [0.25, 0.3) is 0 Å². The minimum atomic E-state index is -0.741. The average molecular weight is 603 g/mol. The highest BCUT2D eigenvalue weighted by atomic mass is 16.5. The molecular formula is C35H42N2O7. The molecule has 0 aromatic heterocycles. The molecule has 1 aliphatic rings. The van der Waals surface area contributed by atoms with Gasteiger partial charge in [0.25, 0.3) is 5.91 Å². The Morgan fingerprint density at radius 3 is 2.07 bits per heavy atom. The number of methoxy groups -OCH3 is 3. The van der Waals surface area contributed by atoms with Crippen molar-refractivity contribution < 1.29 is 33.3 Å². The molecule has 9 heteroatoms. The molecule has 0 radical (unpaired) electrons. The normalized spacial score (nSPS) is 16.6. The first kappa shape index (κ1) is 32.4. The molecule has 3 aromatic rings. The molecule has 2 amide bonds. The Balaban J connectivity index is 1.63. The lowest BCUT2D eigenvalue weighted by molar-refractivity contribution is -0.153. The van der Waals surface area contributed by atoms with Crippen LogP contribution in [-0.4, -0.2) is 45.7 Å². The summed E-state index contributed by atoms with van der Waals surface area (Å²) in [4.78, 5) is 42.0. The number of rotatable bonds is 11. The number of anilines is 2. The van der Waals surface area contributed by atoms with Gasteiger partial charge in [0, 0.05) is 17.8 Å². The summed E-state index contributed by atoms with van der Waals surface area (Å²) in [6.07, 6.45) is 0.403. The SMILES string of the molecule is COc1ccc(N2C(=O)CCC(C(=O)OCC(=O)Nc3c(C(C)C)cccc3C(C)C)C2c2ccc(OC)c(OC)c2)cc1. The van der Waals surface area contributed by atoms with Crippen molar-refractivity contribution in [3.8, 4) is 17.2 Å². The summed E-state index contributed by atoms with van der Waals surface area (Å²) in [6, 6.07) is 17.7. The molecule has 9 nitrogen and oxygen atoms in total. The van der Waals surface area contributed by atoms with Crippen molar-refractivity contribution in [1.29, 1.82) is 0 Å². The van der Waals surface area contributed by atoms with Crippen LogP contribution >= 0.6 is 0 Å². The fraction of sp³-hybridized carbons (Fsp3) is 0.400. The van der Waals surface area contributed by atoms with Gasteiger partial charge in [0.05, 0.1) is 33.3 Å². The van der Waals surface area contributed by atoms with E-state index in [1.165, 1.54) is 7.11 Å². The first-order chi connectivity index (χ1) is 21.1. The smallest absolute Gasteiger partial charge is 0.311 e. The van der Waals surface area contributed by atoms with Crippen molar-refractivity contribution in [3.63, 3.8) is 0 Å². The van der Waals surface area contributed by atoms with Gasteiger partial charge >= 0.3 is 5.97 Å². The molecule has 44 heavy (non-hydrogen) atoms. The van der Waals surface area contributed by atoms with Gasteiger partial charge in [-0.15, -0.1) is 0 Å². The number of carbonyl (C=O) groups is 3. The van der Waals surface area contributed by atoms with E-state index in [1.54, 1.807) is 55.5 Å².